The maximum Gasteiger partial charge on any atom is 0.223 e. The molecule has 1 N–H and O–H groups in total. The van der Waals surface area contributed by atoms with E-state index in [-0.39, 0.29) is 16.0 Å². The summed E-state index contributed by atoms with van der Waals surface area (Å²) in [6, 6.07) is 15.1. The Hall–Kier alpha value is -2.74. The lowest BCUT2D eigenvalue weighted by molar-refractivity contribution is -0.0445. The Morgan fingerprint density at radius 3 is 2.67 bits per heavy atom. The normalized spacial score (nSPS) is 25.6. The smallest absolute Gasteiger partial charge is 0.223 e. The summed E-state index contributed by atoms with van der Waals surface area (Å²) in [7, 11) is -2.25. The van der Waals surface area contributed by atoms with Crippen LogP contribution in [0, 0.1) is 11.8 Å². The maximum absolute atomic E-state index is 13.4. The van der Waals surface area contributed by atoms with Gasteiger partial charge in [-0.1, -0.05) is 24.3 Å². The van der Waals surface area contributed by atoms with E-state index >= 15 is 0 Å². The van der Waals surface area contributed by atoms with Crippen molar-refractivity contribution >= 4 is 20.7 Å². The summed E-state index contributed by atoms with van der Waals surface area (Å²) < 4.78 is 32.1. The van der Waals surface area contributed by atoms with Gasteiger partial charge in [0, 0.05) is 18.0 Å². The molecule has 5 atom stereocenters. The summed E-state index contributed by atoms with van der Waals surface area (Å²) in [5.74, 6) is 1.56. The average Bonchev–Trinajstić information content (AvgIpc) is 2.87. The van der Waals surface area contributed by atoms with Crippen LogP contribution in [-0.4, -0.2) is 49.6 Å². The first-order valence-electron chi connectivity index (χ1n) is 11.3. The van der Waals surface area contributed by atoms with E-state index < -0.39 is 15.9 Å². The number of ether oxygens (including phenoxy) is 1. The molecule has 0 spiro atoms. The molecule has 1 aromatic heterocycles. The maximum atomic E-state index is 13.4. The number of benzene rings is 2. The molecule has 0 amide bonds. The van der Waals surface area contributed by atoms with Gasteiger partial charge in [0.05, 0.1) is 23.6 Å². The molecule has 0 saturated carbocycles. The van der Waals surface area contributed by atoms with Crippen molar-refractivity contribution in [2.75, 3.05) is 20.2 Å². The molecule has 3 aliphatic heterocycles. The van der Waals surface area contributed by atoms with Crippen LogP contribution in [-0.2, 0) is 9.84 Å². The van der Waals surface area contributed by atoms with Crippen molar-refractivity contribution in [3.63, 3.8) is 0 Å². The van der Waals surface area contributed by atoms with Gasteiger partial charge in [0.25, 0.3) is 0 Å². The van der Waals surface area contributed by atoms with Crippen LogP contribution in [0.5, 0.6) is 5.75 Å². The lowest BCUT2D eigenvalue weighted by Gasteiger charge is -2.50. The van der Waals surface area contributed by atoms with Crippen LogP contribution < -0.4 is 4.74 Å². The van der Waals surface area contributed by atoms with Crippen molar-refractivity contribution < 1.29 is 18.3 Å². The van der Waals surface area contributed by atoms with Crippen molar-refractivity contribution in [1.29, 1.82) is 0 Å². The molecule has 2 aromatic carbocycles. The quantitative estimate of drug-likeness (QED) is 0.556. The monoisotopic (exact) mass is 464 g/mol. The number of rotatable bonds is 6. The highest BCUT2D eigenvalue weighted by Crippen LogP contribution is 2.42. The van der Waals surface area contributed by atoms with Crippen molar-refractivity contribution in [3.05, 3.63) is 72.8 Å². The zero-order valence-corrected chi connectivity index (χ0v) is 19.4. The molecule has 3 fully saturated rings. The van der Waals surface area contributed by atoms with E-state index in [4.69, 9.17) is 4.74 Å². The summed E-state index contributed by atoms with van der Waals surface area (Å²) in [5.41, 5.74) is 1.09. The predicted molar refractivity (Wildman–Crippen MR) is 127 cm³/mol. The Balaban J connectivity index is 1.63. The van der Waals surface area contributed by atoms with Crippen LogP contribution in [0.3, 0.4) is 0 Å². The van der Waals surface area contributed by atoms with Crippen molar-refractivity contribution in [2.45, 2.75) is 34.9 Å². The highest BCUT2D eigenvalue weighted by molar-refractivity contribution is 7.91. The fraction of sp³-hybridized carbons (Fsp3) is 0.346. The van der Waals surface area contributed by atoms with Gasteiger partial charge in [-0.15, -0.1) is 6.58 Å². The van der Waals surface area contributed by atoms with Crippen molar-refractivity contribution in [1.82, 2.24) is 9.88 Å². The molecule has 6 rings (SSSR count). The Morgan fingerprint density at radius 2 is 2.00 bits per heavy atom. The fourth-order valence-corrected chi connectivity index (χ4v) is 6.61. The Bertz CT molecular complexity index is 1290. The molecule has 0 radical (unpaired) electrons. The summed E-state index contributed by atoms with van der Waals surface area (Å²) in [5, 5.41) is 12.3. The number of sulfone groups is 1. The first-order valence-corrected chi connectivity index (χ1v) is 12.7. The number of aliphatic hydroxyl groups is 1. The third-order valence-corrected chi connectivity index (χ3v) is 8.84. The Morgan fingerprint density at radius 1 is 1.21 bits per heavy atom. The molecule has 33 heavy (non-hydrogen) atoms. The van der Waals surface area contributed by atoms with Crippen LogP contribution in [0.15, 0.2) is 77.2 Å². The lowest BCUT2D eigenvalue weighted by atomic mass is 9.73. The summed E-state index contributed by atoms with van der Waals surface area (Å²) in [6.45, 7) is 5.78. The van der Waals surface area contributed by atoms with E-state index in [1.165, 1.54) is 0 Å². The van der Waals surface area contributed by atoms with Crippen LogP contribution in [0.2, 0.25) is 0 Å². The zero-order chi connectivity index (χ0) is 23.2. The van der Waals surface area contributed by atoms with Gasteiger partial charge in [0.1, 0.15) is 5.75 Å². The molecular weight excluding hydrogens is 436 g/mol. The standard InChI is InChI=1S/C26H28N2O4S/c1-3-17-16-28-12-11-18(17)13-24(28)26(29)22-15-25(33(30,31)20-7-5-4-6-8-20)27-23-10-9-19(32-2)14-21(22)23/h3-10,14-15,17-18,24,26,29H,1,11-13,16H2,2H3/t17-,18?,24+,26+/m0/s1. The number of methoxy groups -OCH3 is 1. The number of hydrogen-bond donors (Lipinski definition) is 1. The van der Waals surface area contributed by atoms with E-state index in [2.05, 4.69) is 16.5 Å². The van der Waals surface area contributed by atoms with E-state index in [0.29, 0.717) is 34.1 Å². The van der Waals surface area contributed by atoms with Crippen molar-refractivity contribution in [3.8, 4) is 5.75 Å². The minimum Gasteiger partial charge on any atom is -0.497 e. The molecule has 3 aliphatic rings. The SMILES string of the molecule is C=C[C@H]1CN2CCC1C[C@@H]2[C@H](O)c1cc(S(=O)(=O)c2ccccc2)nc2ccc(OC)cc12. The van der Waals surface area contributed by atoms with Gasteiger partial charge in [-0.3, -0.25) is 4.90 Å². The molecule has 2 unspecified atom stereocenters. The molecule has 3 aromatic rings. The summed E-state index contributed by atoms with van der Waals surface area (Å²) in [6.07, 6.45) is 3.13. The van der Waals surface area contributed by atoms with E-state index in [9.17, 15) is 13.5 Å². The second-order valence-corrected chi connectivity index (χ2v) is 10.8. The number of pyridine rings is 1. The number of fused-ring (bicyclic) bond motifs is 4. The van der Waals surface area contributed by atoms with Crippen LogP contribution in [0.4, 0.5) is 0 Å². The molecule has 172 valence electrons. The zero-order valence-electron chi connectivity index (χ0n) is 18.6. The average molecular weight is 465 g/mol. The first-order chi connectivity index (χ1) is 15.9. The highest BCUT2D eigenvalue weighted by Gasteiger charge is 2.42. The van der Waals surface area contributed by atoms with Crippen LogP contribution in [0.25, 0.3) is 10.9 Å². The Kier molecular flexibility index (Phi) is 5.72. The lowest BCUT2D eigenvalue weighted by Crippen LogP contribution is -2.54. The third kappa shape index (κ3) is 3.84. The van der Waals surface area contributed by atoms with E-state index in [1.54, 1.807) is 55.6 Å². The summed E-state index contributed by atoms with van der Waals surface area (Å²) in [4.78, 5) is 6.97. The molecule has 6 nitrogen and oxygen atoms in total. The third-order valence-electron chi connectivity index (χ3n) is 7.19. The molecule has 7 heteroatoms. The van der Waals surface area contributed by atoms with Gasteiger partial charge in [-0.05, 0) is 73.2 Å². The first kappa shape index (κ1) is 22.1. The predicted octanol–water partition coefficient (Wildman–Crippen LogP) is 4.01. The molecule has 0 aliphatic carbocycles. The number of aromatic nitrogens is 1. The largest absolute Gasteiger partial charge is 0.497 e. The van der Waals surface area contributed by atoms with Crippen LogP contribution >= 0.6 is 0 Å². The highest BCUT2D eigenvalue weighted by atomic mass is 32.2. The minimum atomic E-state index is -3.84. The minimum absolute atomic E-state index is 0.0552. The van der Waals surface area contributed by atoms with Gasteiger partial charge in [0.2, 0.25) is 9.84 Å². The number of aliphatic hydroxyl groups excluding tert-OH is 1. The summed E-state index contributed by atoms with van der Waals surface area (Å²) >= 11 is 0. The molecule has 3 saturated heterocycles. The van der Waals surface area contributed by atoms with Crippen molar-refractivity contribution in [2.24, 2.45) is 11.8 Å². The molecule has 4 heterocycles. The van der Waals surface area contributed by atoms with Gasteiger partial charge < -0.3 is 9.84 Å². The van der Waals surface area contributed by atoms with Crippen LogP contribution in [0.1, 0.15) is 24.5 Å². The van der Waals surface area contributed by atoms with Gasteiger partial charge >= 0.3 is 0 Å². The fourth-order valence-electron chi connectivity index (χ4n) is 5.35. The van der Waals surface area contributed by atoms with Gasteiger partial charge in [-0.25, -0.2) is 13.4 Å². The van der Waals surface area contributed by atoms with Gasteiger partial charge in [0.15, 0.2) is 5.03 Å². The topological polar surface area (TPSA) is 79.7 Å². The second kappa shape index (κ2) is 8.56. The van der Waals surface area contributed by atoms with Gasteiger partial charge in [-0.2, -0.15) is 0 Å². The second-order valence-electron chi connectivity index (χ2n) is 8.94. The number of piperidine rings is 3. The van der Waals surface area contributed by atoms with E-state index in [1.807, 2.05) is 12.1 Å². The molecular formula is C26H28N2O4S. The number of hydrogen-bond acceptors (Lipinski definition) is 6. The Labute approximate surface area is 194 Å². The number of nitrogens with zero attached hydrogens (tertiary/aromatic N) is 2. The molecule has 2 bridgehead atoms. The van der Waals surface area contributed by atoms with E-state index in [0.717, 1.165) is 25.9 Å².